The normalized spacial score (nSPS) is 11.3. The number of alkyl halides is 3. The Balaban J connectivity index is 3.42. The quantitative estimate of drug-likeness (QED) is 0.825. The summed E-state index contributed by atoms with van der Waals surface area (Å²) in [4.78, 5) is 0. The van der Waals surface area contributed by atoms with Gasteiger partial charge in [0.05, 0.1) is 18.4 Å². The average molecular weight is 219 g/mol. The van der Waals surface area contributed by atoms with Crippen molar-refractivity contribution in [3.8, 4) is 5.75 Å². The maximum Gasteiger partial charge on any atom is 0.418 e. The first-order valence-corrected chi connectivity index (χ1v) is 4.33. The van der Waals surface area contributed by atoms with E-state index in [4.69, 9.17) is 4.74 Å². The van der Waals surface area contributed by atoms with E-state index in [1.54, 1.807) is 13.0 Å². The molecule has 15 heavy (non-hydrogen) atoms. The number of rotatable bonds is 2. The molecule has 5 heteroatoms. The molecule has 0 aliphatic carbocycles. The van der Waals surface area contributed by atoms with E-state index in [0.717, 1.165) is 6.07 Å². The van der Waals surface area contributed by atoms with Gasteiger partial charge in [0.2, 0.25) is 0 Å². The lowest BCUT2D eigenvalue weighted by Crippen LogP contribution is -2.10. The number of methoxy groups -OCH3 is 1. The third kappa shape index (κ3) is 2.34. The molecular weight excluding hydrogens is 207 g/mol. The van der Waals surface area contributed by atoms with Crippen LogP contribution in [-0.4, -0.2) is 14.2 Å². The van der Waals surface area contributed by atoms with Gasteiger partial charge >= 0.3 is 6.18 Å². The number of hydrogen-bond acceptors (Lipinski definition) is 2. The van der Waals surface area contributed by atoms with Crippen LogP contribution >= 0.6 is 0 Å². The molecule has 1 N–H and O–H groups in total. The smallest absolute Gasteiger partial charge is 0.418 e. The van der Waals surface area contributed by atoms with Gasteiger partial charge in [0, 0.05) is 7.05 Å². The molecule has 0 fully saturated rings. The molecule has 0 aliphatic rings. The fourth-order valence-corrected chi connectivity index (χ4v) is 1.40. The molecule has 84 valence electrons. The summed E-state index contributed by atoms with van der Waals surface area (Å²) < 4.78 is 42.8. The van der Waals surface area contributed by atoms with Crippen LogP contribution in [0.5, 0.6) is 5.75 Å². The first-order chi connectivity index (χ1) is 6.90. The van der Waals surface area contributed by atoms with Gasteiger partial charge in [-0.2, -0.15) is 13.2 Å². The molecule has 0 atom stereocenters. The fourth-order valence-electron chi connectivity index (χ4n) is 1.40. The van der Waals surface area contributed by atoms with E-state index < -0.39 is 11.7 Å². The predicted octanol–water partition coefficient (Wildman–Crippen LogP) is 3.06. The van der Waals surface area contributed by atoms with Crippen LogP contribution in [0.2, 0.25) is 0 Å². The Hall–Kier alpha value is -1.39. The SMILES string of the molecule is CNc1c(OC)cc(C)cc1C(F)(F)F. The zero-order valence-corrected chi connectivity index (χ0v) is 8.70. The highest BCUT2D eigenvalue weighted by Gasteiger charge is 2.34. The van der Waals surface area contributed by atoms with E-state index in [0.29, 0.717) is 5.56 Å². The van der Waals surface area contributed by atoms with Crippen molar-refractivity contribution >= 4 is 5.69 Å². The number of hydrogen-bond donors (Lipinski definition) is 1. The zero-order valence-electron chi connectivity index (χ0n) is 8.70. The van der Waals surface area contributed by atoms with Crippen LogP contribution in [0.25, 0.3) is 0 Å². The number of aryl methyl sites for hydroxylation is 1. The molecule has 0 spiro atoms. The molecule has 0 heterocycles. The second-order valence-electron chi connectivity index (χ2n) is 3.14. The first kappa shape index (κ1) is 11.7. The zero-order chi connectivity index (χ0) is 11.6. The number of anilines is 1. The van der Waals surface area contributed by atoms with Crippen molar-refractivity contribution in [2.75, 3.05) is 19.5 Å². The Morgan fingerprint density at radius 2 is 1.87 bits per heavy atom. The third-order valence-electron chi connectivity index (χ3n) is 2.02. The Labute approximate surface area is 86.1 Å². The van der Waals surface area contributed by atoms with E-state index in [1.165, 1.54) is 14.2 Å². The number of benzene rings is 1. The average Bonchev–Trinajstić information content (AvgIpc) is 2.15. The second-order valence-corrected chi connectivity index (χ2v) is 3.14. The van der Waals surface area contributed by atoms with Crippen molar-refractivity contribution in [1.82, 2.24) is 0 Å². The lowest BCUT2D eigenvalue weighted by atomic mass is 10.1. The van der Waals surface area contributed by atoms with Gasteiger partial charge in [-0.15, -0.1) is 0 Å². The summed E-state index contributed by atoms with van der Waals surface area (Å²) in [7, 11) is 2.78. The van der Waals surface area contributed by atoms with E-state index in [1.807, 2.05) is 0 Å². The highest BCUT2D eigenvalue weighted by Crippen LogP contribution is 2.40. The molecule has 1 rings (SSSR count). The molecule has 0 saturated heterocycles. The third-order valence-corrected chi connectivity index (χ3v) is 2.02. The van der Waals surface area contributed by atoms with Gasteiger partial charge in [-0.25, -0.2) is 0 Å². The second kappa shape index (κ2) is 4.00. The van der Waals surface area contributed by atoms with Crippen LogP contribution in [0, 0.1) is 6.92 Å². The summed E-state index contributed by atoms with van der Waals surface area (Å²) in [6.45, 7) is 1.59. The molecule has 2 nitrogen and oxygen atoms in total. The van der Waals surface area contributed by atoms with Crippen molar-refractivity contribution < 1.29 is 17.9 Å². The van der Waals surface area contributed by atoms with E-state index in [-0.39, 0.29) is 11.4 Å². The summed E-state index contributed by atoms with van der Waals surface area (Å²) >= 11 is 0. The van der Waals surface area contributed by atoms with Crippen molar-refractivity contribution in [3.63, 3.8) is 0 Å². The molecule has 0 amide bonds. The van der Waals surface area contributed by atoms with Crippen LogP contribution in [-0.2, 0) is 6.18 Å². The number of halogens is 3. The van der Waals surface area contributed by atoms with Gasteiger partial charge < -0.3 is 10.1 Å². The number of ether oxygens (including phenoxy) is 1. The largest absolute Gasteiger partial charge is 0.495 e. The van der Waals surface area contributed by atoms with Gasteiger partial charge in [-0.05, 0) is 24.6 Å². The van der Waals surface area contributed by atoms with Crippen molar-refractivity contribution in [1.29, 1.82) is 0 Å². The molecule has 1 aromatic rings. The van der Waals surface area contributed by atoms with Crippen LogP contribution in [0.1, 0.15) is 11.1 Å². The van der Waals surface area contributed by atoms with Crippen LogP contribution in [0.4, 0.5) is 18.9 Å². The van der Waals surface area contributed by atoms with E-state index in [9.17, 15) is 13.2 Å². The van der Waals surface area contributed by atoms with Crippen LogP contribution in [0.15, 0.2) is 12.1 Å². The monoisotopic (exact) mass is 219 g/mol. The van der Waals surface area contributed by atoms with Gasteiger partial charge in [0.25, 0.3) is 0 Å². The lowest BCUT2D eigenvalue weighted by molar-refractivity contribution is -0.137. The Kier molecular flexibility index (Phi) is 3.12. The van der Waals surface area contributed by atoms with Gasteiger partial charge in [-0.3, -0.25) is 0 Å². The molecule has 0 bridgehead atoms. The predicted molar refractivity (Wildman–Crippen MR) is 52.3 cm³/mol. The minimum absolute atomic E-state index is 0.0319. The summed E-state index contributed by atoms with van der Waals surface area (Å²) in [5, 5.41) is 2.50. The van der Waals surface area contributed by atoms with Crippen molar-refractivity contribution in [3.05, 3.63) is 23.3 Å². The molecule has 0 unspecified atom stereocenters. The molecule has 0 aromatic heterocycles. The van der Waals surface area contributed by atoms with E-state index >= 15 is 0 Å². The highest BCUT2D eigenvalue weighted by molar-refractivity contribution is 5.64. The summed E-state index contributed by atoms with van der Waals surface area (Å²) in [5.74, 6) is 0.199. The molecule has 0 saturated carbocycles. The fraction of sp³-hybridized carbons (Fsp3) is 0.400. The van der Waals surface area contributed by atoms with Crippen molar-refractivity contribution in [2.24, 2.45) is 0 Å². The first-order valence-electron chi connectivity index (χ1n) is 4.33. The summed E-state index contributed by atoms with van der Waals surface area (Å²) in [6, 6.07) is 2.65. The minimum atomic E-state index is -4.38. The Bertz CT molecular complexity index is 360. The molecule has 1 aromatic carbocycles. The highest BCUT2D eigenvalue weighted by atomic mass is 19.4. The van der Waals surface area contributed by atoms with Gasteiger partial charge in [0.1, 0.15) is 5.75 Å². The molecular formula is C10H12F3NO. The van der Waals surface area contributed by atoms with E-state index in [2.05, 4.69) is 5.32 Å². The number of nitrogens with one attached hydrogen (secondary N) is 1. The molecule has 0 aliphatic heterocycles. The Morgan fingerprint density at radius 1 is 1.27 bits per heavy atom. The summed E-state index contributed by atoms with van der Waals surface area (Å²) in [5.41, 5.74) is -0.226. The maximum atomic E-state index is 12.6. The lowest BCUT2D eigenvalue weighted by Gasteiger charge is -2.16. The molecule has 0 radical (unpaired) electrons. The van der Waals surface area contributed by atoms with Crippen molar-refractivity contribution in [2.45, 2.75) is 13.1 Å². The standard InChI is InChI=1S/C10H12F3NO/c1-6-4-7(10(11,12)13)9(14-2)8(5-6)15-3/h4-5,14H,1-3H3. The Morgan fingerprint density at radius 3 is 2.27 bits per heavy atom. The minimum Gasteiger partial charge on any atom is -0.495 e. The topological polar surface area (TPSA) is 21.3 Å². The maximum absolute atomic E-state index is 12.6. The van der Waals surface area contributed by atoms with Gasteiger partial charge in [0.15, 0.2) is 0 Å². The summed E-state index contributed by atoms with van der Waals surface area (Å²) in [6.07, 6.45) is -4.38. The van der Waals surface area contributed by atoms with Gasteiger partial charge in [-0.1, -0.05) is 0 Å². The van der Waals surface area contributed by atoms with Crippen LogP contribution in [0.3, 0.4) is 0 Å². The van der Waals surface area contributed by atoms with Crippen LogP contribution < -0.4 is 10.1 Å².